The number of hydrogen-bond donors (Lipinski definition) is 1. The number of nitrogens with two attached hydrogens (primary N) is 1. The normalized spacial score (nSPS) is 10.0. The molecule has 2 rings (SSSR count). The first-order chi connectivity index (χ1) is 9.67. The van der Waals surface area contributed by atoms with E-state index < -0.39 is 0 Å². The zero-order valence-electron chi connectivity index (χ0n) is 13.0. The van der Waals surface area contributed by atoms with Gasteiger partial charge in [0.1, 0.15) is 0 Å². The monoisotopic (exact) mass is 342 g/mol. The van der Waals surface area contributed by atoms with E-state index in [-0.39, 0.29) is 24.8 Å². The van der Waals surface area contributed by atoms with Crippen LogP contribution in [0, 0.1) is 13.8 Å². The van der Waals surface area contributed by atoms with Crippen molar-refractivity contribution < 1.29 is 0 Å². The van der Waals surface area contributed by atoms with Crippen molar-refractivity contribution in [2.75, 3.05) is 13.1 Å². The standard InChI is InChI=1S/C16H22N4.2ClH/c1-13-5-3-7-15(18-13)11-20(10-9-17)12-16-8-4-6-14(2)19-16;;/h3-8H,9-12,17H2,1-2H3;2*1H. The third kappa shape index (κ3) is 6.71. The predicted octanol–water partition coefficient (Wildman–Crippen LogP) is 2.90. The van der Waals surface area contributed by atoms with Crippen molar-refractivity contribution in [3.8, 4) is 0 Å². The van der Waals surface area contributed by atoms with Crippen molar-refractivity contribution in [2.45, 2.75) is 26.9 Å². The van der Waals surface area contributed by atoms with Crippen molar-refractivity contribution in [2.24, 2.45) is 5.73 Å². The van der Waals surface area contributed by atoms with Gasteiger partial charge in [-0.05, 0) is 38.1 Å². The molecular formula is C16H24Cl2N4. The molecule has 0 saturated carbocycles. The molecule has 122 valence electrons. The van der Waals surface area contributed by atoms with Gasteiger partial charge in [-0.1, -0.05) is 12.1 Å². The van der Waals surface area contributed by atoms with Crippen LogP contribution in [0.15, 0.2) is 36.4 Å². The molecule has 0 aliphatic carbocycles. The third-order valence-electron chi connectivity index (χ3n) is 3.11. The summed E-state index contributed by atoms with van der Waals surface area (Å²) in [5.41, 5.74) is 9.95. The van der Waals surface area contributed by atoms with Gasteiger partial charge in [0.25, 0.3) is 0 Å². The quantitative estimate of drug-likeness (QED) is 0.876. The van der Waals surface area contributed by atoms with Crippen LogP contribution in [0.25, 0.3) is 0 Å². The van der Waals surface area contributed by atoms with E-state index >= 15 is 0 Å². The molecule has 2 aromatic heterocycles. The third-order valence-corrected chi connectivity index (χ3v) is 3.11. The van der Waals surface area contributed by atoms with Crippen LogP contribution in [0.1, 0.15) is 22.8 Å². The zero-order chi connectivity index (χ0) is 14.4. The van der Waals surface area contributed by atoms with Crippen LogP contribution in [0.5, 0.6) is 0 Å². The summed E-state index contributed by atoms with van der Waals surface area (Å²) in [7, 11) is 0. The van der Waals surface area contributed by atoms with Gasteiger partial charge in [0.05, 0.1) is 11.4 Å². The molecule has 4 nitrogen and oxygen atoms in total. The van der Waals surface area contributed by atoms with E-state index in [1.54, 1.807) is 0 Å². The second-order valence-electron chi connectivity index (χ2n) is 5.04. The van der Waals surface area contributed by atoms with E-state index in [1.165, 1.54) is 0 Å². The Hall–Kier alpha value is -1.20. The SMILES string of the molecule is Cc1cccc(CN(CCN)Cc2cccc(C)n2)n1.Cl.Cl. The molecular weight excluding hydrogens is 319 g/mol. The maximum atomic E-state index is 5.71. The zero-order valence-corrected chi connectivity index (χ0v) is 14.7. The highest BCUT2D eigenvalue weighted by Gasteiger charge is 2.08. The van der Waals surface area contributed by atoms with Gasteiger partial charge in [0, 0.05) is 37.6 Å². The number of hydrogen-bond acceptors (Lipinski definition) is 4. The van der Waals surface area contributed by atoms with Crippen LogP contribution >= 0.6 is 24.8 Å². The van der Waals surface area contributed by atoms with Gasteiger partial charge in [-0.2, -0.15) is 0 Å². The topological polar surface area (TPSA) is 55.0 Å². The Morgan fingerprint density at radius 2 is 1.32 bits per heavy atom. The van der Waals surface area contributed by atoms with Crippen molar-refractivity contribution >= 4 is 24.8 Å². The van der Waals surface area contributed by atoms with Crippen molar-refractivity contribution in [3.63, 3.8) is 0 Å². The Morgan fingerprint density at radius 1 is 0.864 bits per heavy atom. The van der Waals surface area contributed by atoms with Gasteiger partial charge < -0.3 is 5.73 Å². The minimum Gasteiger partial charge on any atom is -0.329 e. The van der Waals surface area contributed by atoms with E-state index in [4.69, 9.17) is 5.73 Å². The lowest BCUT2D eigenvalue weighted by Gasteiger charge is -2.21. The molecule has 6 heteroatoms. The highest BCUT2D eigenvalue weighted by Crippen LogP contribution is 2.08. The molecule has 0 spiro atoms. The molecule has 2 heterocycles. The average molecular weight is 343 g/mol. The first kappa shape index (κ1) is 20.8. The van der Waals surface area contributed by atoms with Crippen LogP contribution in [0.4, 0.5) is 0 Å². The highest BCUT2D eigenvalue weighted by molar-refractivity contribution is 5.85. The van der Waals surface area contributed by atoms with Crippen LogP contribution in [0.3, 0.4) is 0 Å². The number of aryl methyl sites for hydroxylation is 2. The van der Waals surface area contributed by atoms with E-state index in [0.29, 0.717) is 6.54 Å². The Balaban J connectivity index is 0.00000220. The number of aromatic nitrogens is 2. The van der Waals surface area contributed by atoms with E-state index in [2.05, 4.69) is 27.0 Å². The van der Waals surface area contributed by atoms with E-state index in [1.807, 2.05) is 38.1 Å². The fraction of sp³-hybridized carbons (Fsp3) is 0.375. The van der Waals surface area contributed by atoms with Crippen LogP contribution in [-0.4, -0.2) is 28.0 Å². The van der Waals surface area contributed by atoms with Crippen LogP contribution in [-0.2, 0) is 13.1 Å². The Morgan fingerprint density at radius 3 is 1.68 bits per heavy atom. The van der Waals surface area contributed by atoms with E-state index in [9.17, 15) is 0 Å². The fourth-order valence-electron chi connectivity index (χ4n) is 2.23. The first-order valence-electron chi connectivity index (χ1n) is 6.95. The Bertz CT molecular complexity index is 516. The van der Waals surface area contributed by atoms with Gasteiger partial charge in [-0.15, -0.1) is 24.8 Å². The van der Waals surface area contributed by atoms with Crippen molar-refractivity contribution in [1.82, 2.24) is 14.9 Å². The molecule has 22 heavy (non-hydrogen) atoms. The van der Waals surface area contributed by atoms with Crippen molar-refractivity contribution in [3.05, 3.63) is 59.2 Å². The molecule has 0 aliphatic rings. The van der Waals surface area contributed by atoms with Crippen LogP contribution < -0.4 is 5.73 Å². The molecule has 0 unspecified atom stereocenters. The van der Waals surface area contributed by atoms with E-state index in [0.717, 1.165) is 42.4 Å². The largest absolute Gasteiger partial charge is 0.329 e. The van der Waals surface area contributed by atoms with Crippen molar-refractivity contribution in [1.29, 1.82) is 0 Å². The molecule has 0 atom stereocenters. The lowest BCUT2D eigenvalue weighted by molar-refractivity contribution is 0.258. The highest BCUT2D eigenvalue weighted by atomic mass is 35.5. The van der Waals surface area contributed by atoms with Gasteiger partial charge in [0.2, 0.25) is 0 Å². The maximum absolute atomic E-state index is 5.71. The second-order valence-corrected chi connectivity index (χ2v) is 5.04. The molecule has 0 aliphatic heterocycles. The maximum Gasteiger partial charge on any atom is 0.0547 e. The summed E-state index contributed by atoms with van der Waals surface area (Å²) in [4.78, 5) is 11.4. The minimum atomic E-state index is 0. The number of halogens is 2. The molecule has 0 radical (unpaired) electrons. The second kappa shape index (κ2) is 10.5. The first-order valence-corrected chi connectivity index (χ1v) is 6.95. The van der Waals surface area contributed by atoms with Gasteiger partial charge in [-0.25, -0.2) is 0 Å². The lowest BCUT2D eigenvalue weighted by atomic mass is 10.2. The van der Waals surface area contributed by atoms with Crippen LogP contribution in [0.2, 0.25) is 0 Å². The summed E-state index contributed by atoms with van der Waals surface area (Å²) in [6, 6.07) is 12.2. The smallest absolute Gasteiger partial charge is 0.0547 e. The fourth-order valence-corrected chi connectivity index (χ4v) is 2.23. The summed E-state index contributed by atoms with van der Waals surface area (Å²) in [5, 5.41) is 0. The molecule has 2 N–H and O–H groups in total. The molecule has 0 saturated heterocycles. The molecule has 0 fully saturated rings. The summed E-state index contributed by atoms with van der Waals surface area (Å²) in [6.07, 6.45) is 0. The van der Waals surface area contributed by atoms with Gasteiger partial charge >= 0.3 is 0 Å². The summed E-state index contributed by atoms with van der Waals surface area (Å²) in [5.74, 6) is 0. The lowest BCUT2D eigenvalue weighted by Crippen LogP contribution is -2.29. The van der Waals surface area contributed by atoms with Gasteiger partial charge in [0.15, 0.2) is 0 Å². The molecule has 0 aromatic carbocycles. The summed E-state index contributed by atoms with van der Waals surface area (Å²) >= 11 is 0. The molecule has 0 amide bonds. The minimum absolute atomic E-state index is 0. The van der Waals surface area contributed by atoms with Gasteiger partial charge in [-0.3, -0.25) is 14.9 Å². The summed E-state index contributed by atoms with van der Waals surface area (Å²) < 4.78 is 0. The Labute approximate surface area is 145 Å². The number of rotatable bonds is 6. The Kier molecular flexibility index (Phi) is 9.94. The number of pyridine rings is 2. The molecule has 0 bridgehead atoms. The average Bonchev–Trinajstić information content (AvgIpc) is 2.39. The molecule has 2 aromatic rings. The number of nitrogens with zero attached hydrogens (tertiary/aromatic N) is 3. The summed E-state index contributed by atoms with van der Waals surface area (Å²) in [6.45, 7) is 7.10. The predicted molar refractivity (Wildman–Crippen MR) is 95.6 cm³/mol.